The van der Waals surface area contributed by atoms with Crippen molar-refractivity contribution in [1.82, 2.24) is 14.5 Å². The predicted octanol–water partition coefficient (Wildman–Crippen LogP) is 1.16. The van der Waals surface area contributed by atoms with Gasteiger partial charge in [0.2, 0.25) is 5.28 Å². The third kappa shape index (κ3) is 2.08. The molecule has 1 N–H and O–H groups in total. The van der Waals surface area contributed by atoms with Gasteiger partial charge in [-0.15, -0.1) is 0 Å². The molecule has 0 radical (unpaired) electrons. The number of aromatic nitrogens is 3. The van der Waals surface area contributed by atoms with Crippen molar-refractivity contribution >= 4 is 34.4 Å². The fourth-order valence-electron chi connectivity index (χ4n) is 2.40. The predicted molar refractivity (Wildman–Crippen MR) is 73.5 cm³/mol. The van der Waals surface area contributed by atoms with Crippen molar-refractivity contribution < 1.29 is 14.6 Å². The first-order valence-corrected chi connectivity index (χ1v) is 6.54. The highest BCUT2D eigenvalue weighted by Crippen LogP contribution is 2.28. The molecule has 1 aliphatic rings. The maximum atomic E-state index is 11.2. The van der Waals surface area contributed by atoms with E-state index in [0.717, 1.165) is 0 Å². The Morgan fingerprint density at radius 2 is 2.10 bits per heavy atom. The number of rotatable bonds is 2. The molecule has 0 atom stereocenters. The zero-order chi connectivity index (χ0) is 14.3. The second-order valence-corrected chi connectivity index (χ2v) is 4.88. The summed E-state index contributed by atoms with van der Waals surface area (Å²) < 4.78 is 6.90. The van der Waals surface area contributed by atoms with Gasteiger partial charge in [0.25, 0.3) is 0 Å². The van der Waals surface area contributed by atoms with Crippen LogP contribution in [0.25, 0.3) is 11.0 Å². The topological polar surface area (TPSA) is 80.5 Å². The van der Waals surface area contributed by atoms with E-state index in [1.54, 1.807) is 11.6 Å². The van der Waals surface area contributed by atoms with Crippen LogP contribution >= 0.6 is 11.6 Å². The number of hydrogen-bond donors (Lipinski definition) is 1. The van der Waals surface area contributed by atoms with Gasteiger partial charge >= 0.3 is 5.97 Å². The van der Waals surface area contributed by atoms with Crippen LogP contribution in [0, 0.1) is 0 Å². The lowest BCUT2D eigenvalue weighted by Crippen LogP contribution is -2.37. The van der Waals surface area contributed by atoms with Crippen molar-refractivity contribution in [3.05, 3.63) is 17.0 Å². The van der Waals surface area contributed by atoms with E-state index < -0.39 is 5.97 Å². The molecule has 106 valence electrons. The van der Waals surface area contributed by atoms with E-state index in [1.807, 2.05) is 4.90 Å². The summed E-state index contributed by atoms with van der Waals surface area (Å²) in [5.41, 5.74) is 1.37. The van der Waals surface area contributed by atoms with Crippen LogP contribution in [0.5, 0.6) is 0 Å². The van der Waals surface area contributed by atoms with Gasteiger partial charge in [-0.2, -0.15) is 4.98 Å². The molecule has 1 saturated heterocycles. The molecule has 0 unspecified atom stereocenters. The summed E-state index contributed by atoms with van der Waals surface area (Å²) in [6.45, 7) is 2.60. The molecule has 1 fully saturated rings. The molecule has 3 heterocycles. The number of carbonyl (C=O) groups is 1. The Hall–Kier alpha value is -1.86. The molecule has 2 aromatic rings. The number of fused-ring (bicyclic) bond motifs is 1. The Bertz CT molecular complexity index is 679. The molecule has 0 aliphatic carbocycles. The lowest BCUT2D eigenvalue weighted by Gasteiger charge is -2.28. The van der Waals surface area contributed by atoms with Crippen molar-refractivity contribution in [3.8, 4) is 0 Å². The van der Waals surface area contributed by atoms with E-state index in [4.69, 9.17) is 16.3 Å². The van der Waals surface area contributed by atoms with E-state index in [-0.39, 0.29) is 11.0 Å². The van der Waals surface area contributed by atoms with Gasteiger partial charge in [0.05, 0.1) is 18.7 Å². The number of aryl methyl sites for hydroxylation is 1. The van der Waals surface area contributed by atoms with E-state index in [9.17, 15) is 9.90 Å². The molecule has 2 aromatic heterocycles. The SMILES string of the molecule is Cn1c(C(=O)O)cc2nc(Cl)nc(N3CCOCC3)c21. The van der Waals surface area contributed by atoms with Crippen LogP contribution in [-0.2, 0) is 11.8 Å². The van der Waals surface area contributed by atoms with E-state index >= 15 is 0 Å². The number of ether oxygens (including phenoxy) is 1. The standard InChI is InChI=1S/C12H13ClN4O3/c1-16-8(11(18)19)6-7-9(16)10(15-12(13)14-7)17-2-4-20-5-3-17/h6H,2-5H2,1H3,(H,18,19). The number of nitrogens with zero attached hydrogens (tertiary/aromatic N) is 4. The average Bonchev–Trinajstić information content (AvgIpc) is 2.76. The Morgan fingerprint density at radius 3 is 2.75 bits per heavy atom. The van der Waals surface area contributed by atoms with Crippen LogP contribution < -0.4 is 4.90 Å². The summed E-state index contributed by atoms with van der Waals surface area (Å²) in [4.78, 5) is 21.6. The van der Waals surface area contributed by atoms with Crippen molar-refractivity contribution in [3.63, 3.8) is 0 Å². The molecule has 7 nitrogen and oxygen atoms in total. The first-order valence-electron chi connectivity index (χ1n) is 6.17. The van der Waals surface area contributed by atoms with E-state index in [1.165, 1.54) is 6.07 Å². The number of hydrogen-bond acceptors (Lipinski definition) is 5. The minimum absolute atomic E-state index is 0.113. The fourth-order valence-corrected chi connectivity index (χ4v) is 2.57. The van der Waals surface area contributed by atoms with Crippen LogP contribution in [0.1, 0.15) is 10.5 Å². The van der Waals surface area contributed by atoms with Crippen molar-refractivity contribution in [1.29, 1.82) is 0 Å². The van der Waals surface area contributed by atoms with Gasteiger partial charge in [-0.1, -0.05) is 0 Å². The molecule has 8 heteroatoms. The van der Waals surface area contributed by atoms with Gasteiger partial charge in [0, 0.05) is 20.1 Å². The molecule has 1 aliphatic heterocycles. The first kappa shape index (κ1) is 13.1. The minimum Gasteiger partial charge on any atom is -0.477 e. The third-order valence-electron chi connectivity index (χ3n) is 3.37. The summed E-state index contributed by atoms with van der Waals surface area (Å²) >= 11 is 5.95. The van der Waals surface area contributed by atoms with Crippen LogP contribution in [0.3, 0.4) is 0 Å². The zero-order valence-electron chi connectivity index (χ0n) is 10.8. The van der Waals surface area contributed by atoms with Crippen LogP contribution in [0.4, 0.5) is 5.82 Å². The maximum absolute atomic E-state index is 11.2. The Morgan fingerprint density at radius 1 is 1.40 bits per heavy atom. The molecular weight excluding hydrogens is 284 g/mol. The van der Waals surface area contributed by atoms with Gasteiger partial charge in [-0.05, 0) is 17.7 Å². The quantitative estimate of drug-likeness (QED) is 0.838. The summed E-state index contributed by atoms with van der Waals surface area (Å²) in [5, 5.41) is 9.31. The van der Waals surface area contributed by atoms with Crippen LogP contribution in [-0.4, -0.2) is 51.9 Å². The number of aromatic carboxylic acids is 1. The minimum atomic E-state index is -1.01. The summed E-state index contributed by atoms with van der Waals surface area (Å²) in [6.07, 6.45) is 0. The van der Waals surface area contributed by atoms with Crippen LogP contribution in [0.15, 0.2) is 6.07 Å². The highest BCUT2D eigenvalue weighted by Gasteiger charge is 2.22. The number of halogens is 1. The largest absolute Gasteiger partial charge is 0.477 e. The average molecular weight is 297 g/mol. The second kappa shape index (κ2) is 4.92. The number of carboxylic acid groups (broad SMARTS) is 1. The third-order valence-corrected chi connectivity index (χ3v) is 3.53. The Kier molecular flexibility index (Phi) is 3.23. The summed E-state index contributed by atoms with van der Waals surface area (Å²) in [7, 11) is 1.69. The Labute approximate surface area is 119 Å². The summed E-state index contributed by atoms with van der Waals surface area (Å²) in [6, 6.07) is 1.51. The number of morpholine rings is 1. The zero-order valence-corrected chi connectivity index (χ0v) is 11.6. The molecule has 0 spiro atoms. The number of anilines is 1. The Balaban J connectivity index is 2.21. The van der Waals surface area contributed by atoms with Gasteiger partial charge in [-0.25, -0.2) is 9.78 Å². The van der Waals surface area contributed by atoms with Crippen molar-refractivity contribution in [2.24, 2.45) is 7.05 Å². The lowest BCUT2D eigenvalue weighted by molar-refractivity contribution is 0.0687. The van der Waals surface area contributed by atoms with Gasteiger partial charge in [0.1, 0.15) is 11.2 Å². The molecule has 3 rings (SSSR count). The molecule has 0 saturated carbocycles. The smallest absolute Gasteiger partial charge is 0.352 e. The highest BCUT2D eigenvalue weighted by atomic mass is 35.5. The molecule has 0 aromatic carbocycles. The second-order valence-electron chi connectivity index (χ2n) is 4.54. The highest BCUT2D eigenvalue weighted by molar-refractivity contribution is 6.28. The number of carboxylic acids is 1. The monoisotopic (exact) mass is 296 g/mol. The molecule has 0 bridgehead atoms. The van der Waals surface area contributed by atoms with E-state index in [2.05, 4.69) is 9.97 Å². The van der Waals surface area contributed by atoms with Crippen LogP contribution in [0.2, 0.25) is 5.28 Å². The molecular formula is C12H13ClN4O3. The fraction of sp³-hybridized carbons (Fsp3) is 0.417. The normalized spacial score (nSPS) is 15.8. The van der Waals surface area contributed by atoms with Gasteiger partial charge in [0.15, 0.2) is 5.82 Å². The maximum Gasteiger partial charge on any atom is 0.352 e. The first-order chi connectivity index (χ1) is 9.58. The molecule has 0 amide bonds. The van der Waals surface area contributed by atoms with E-state index in [0.29, 0.717) is 43.2 Å². The van der Waals surface area contributed by atoms with Gasteiger partial charge < -0.3 is 19.3 Å². The lowest BCUT2D eigenvalue weighted by atomic mass is 10.3. The van der Waals surface area contributed by atoms with Crippen molar-refractivity contribution in [2.45, 2.75) is 0 Å². The van der Waals surface area contributed by atoms with Gasteiger partial charge in [-0.3, -0.25) is 0 Å². The molecule has 20 heavy (non-hydrogen) atoms. The van der Waals surface area contributed by atoms with Crippen molar-refractivity contribution in [2.75, 3.05) is 31.2 Å². The summed E-state index contributed by atoms with van der Waals surface area (Å²) in [5.74, 6) is -0.354.